The van der Waals surface area contributed by atoms with Crippen molar-refractivity contribution in [2.24, 2.45) is 0 Å². The SMILES string of the molecule is C[C@H]1O[C@H](c2cn(-c3ccc(Br)cc3)nc2-c2ccsc2)N(CCc2ccc3[nH]c(=O)[nH]c3c2)C1=O. The second-order valence-electron chi connectivity index (χ2n) is 8.74. The standard InChI is InChI=1S/C26H22BrN5O3S/c1-15-24(33)31(10-8-16-2-7-21-22(12-16)29-26(34)28-21)25(35-15)20-13-32(19-5-3-18(27)4-6-19)30-23(20)17-9-11-36-14-17/h2-7,9,11-15,25H,8,10H2,1H3,(H2,28,29,34)/t15-,25-/m1/s1. The molecule has 8 nitrogen and oxygen atoms in total. The predicted octanol–water partition coefficient (Wildman–Crippen LogP) is 5.02. The maximum absolute atomic E-state index is 13.2. The van der Waals surface area contributed by atoms with Crippen molar-refractivity contribution in [1.29, 1.82) is 0 Å². The summed E-state index contributed by atoms with van der Waals surface area (Å²) in [5, 5.41) is 8.95. The Morgan fingerprint density at radius 2 is 1.89 bits per heavy atom. The number of thiophene rings is 1. The summed E-state index contributed by atoms with van der Waals surface area (Å²) in [6, 6.07) is 15.7. The van der Waals surface area contributed by atoms with Crippen LogP contribution in [0, 0.1) is 0 Å². The molecule has 182 valence electrons. The molecule has 0 saturated carbocycles. The van der Waals surface area contributed by atoms with Crippen molar-refractivity contribution in [3.8, 4) is 16.9 Å². The van der Waals surface area contributed by atoms with Crippen LogP contribution >= 0.6 is 27.3 Å². The highest BCUT2D eigenvalue weighted by atomic mass is 79.9. The molecule has 4 heterocycles. The van der Waals surface area contributed by atoms with E-state index >= 15 is 0 Å². The van der Waals surface area contributed by atoms with Crippen LogP contribution in [0.25, 0.3) is 28.0 Å². The van der Waals surface area contributed by atoms with Crippen LogP contribution in [0.1, 0.15) is 24.3 Å². The number of nitrogens with zero attached hydrogens (tertiary/aromatic N) is 3. The van der Waals surface area contributed by atoms with Gasteiger partial charge < -0.3 is 19.6 Å². The zero-order chi connectivity index (χ0) is 24.8. The molecule has 3 aromatic heterocycles. The lowest BCUT2D eigenvalue weighted by atomic mass is 10.1. The summed E-state index contributed by atoms with van der Waals surface area (Å²) < 4.78 is 9.03. The van der Waals surface area contributed by atoms with Gasteiger partial charge in [-0.25, -0.2) is 9.48 Å². The van der Waals surface area contributed by atoms with Crippen LogP contribution in [0.5, 0.6) is 0 Å². The second kappa shape index (κ2) is 9.20. The molecule has 2 atom stereocenters. The third kappa shape index (κ3) is 4.21. The Bertz CT molecular complexity index is 1600. The summed E-state index contributed by atoms with van der Waals surface area (Å²) in [5.74, 6) is -0.0520. The Balaban J connectivity index is 1.34. The van der Waals surface area contributed by atoms with Gasteiger partial charge in [0.05, 0.1) is 16.7 Å². The van der Waals surface area contributed by atoms with E-state index in [0.717, 1.165) is 43.6 Å². The maximum Gasteiger partial charge on any atom is 0.323 e. The Morgan fingerprint density at radius 3 is 2.67 bits per heavy atom. The number of benzene rings is 2. The van der Waals surface area contributed by atoms with Crippen LogP contribution in [-0.2, 0) is 16.0 Å². The van der Waals surface area contributed by atoms with Crippen LogP contribution < -0.4 is 5.69 Å². The number of aromatic amines is 2. The van der Waals surface area contributed by atoms with Crippen molar-refractivity contribution in [2.75, 3.05) is 6.54 Å². The zero-order valence-electron chi connectivity index (χ0n) is 19.3. The van der Waals surface area contributed by atoms with Gasteiger partial charge in [0.1, 0.15) is 11.8 Å². The number of nitrogens with one attached hydrogen (secondary N) is 2. The quantitative estimate of drug-likeness (QED) is 0.303. The number of amides is 1. The van der Waals surface area contributed by atoms with Gasteiger partial charge in [-0.2, -0.15) is 16.4 Å². The monoisotopic (exact) mass is 563 g/mol. The Kier molecular flexibility index (Phi) is 5.87. The number of carbonyl (C=O) groups is 1. The highest BCUT2D eigenvalue weighted by molar-refractivity contribution is 9.10. The number of fused-ring (bicyclic) bond motifs is 1. The Labute approximate surface area is 218 Å². The topological polar surface area (TPSA) is 96.0 Å². The van der Waals surface area contributed by atoms with Crippen molar-refractivity contribution in [3.63, 3.8) is 0 Å². The maximum atomic E-state index is 13.2. The molecule has 0 radical (unpaired) electrons. The van der Waals surface area contributed by atoms with Gasteiger partial charge in [0, 0.05) is 33.7 Å². The Hall–Kier alpha value is -3.47. The number of imidazole rings is 1. The van der Waals surface area contributed by atoms with Gasteiger partial charge in [0.25, 0.3) is 5.91 Å². The van der Waals surface area contributed by atoms with Crippen molar-refractivity contribution in [3.05, 3.63) is 91.6 Å². The van der Waals surface area contributed by atoms with Gasteiger partial charge in [-0.05, 0) is 66.8 Å². The fraction of sp³-hybridized carbons (Fsp3) is 0.192. The molecule has 10 heteroatoms. The first-order valence-electron chi connectivity index (χ1n) is 11.5. The van der Waals surface area contributed by atoms with Crippen molar-refractivity contribution >= 4 is 44.2 Å². The Morgan fingerprint density at radius 1 is 1.08 bits per heavy atom. The smallest absolute Gasteiger partial charge is 0.323 e. The number of hydrogen-bond donors (Lipinski definition) is 2. The van der Waals surface area contributed by atoms with Gasteiger partial charge in [-0.3, -0.25) is 4.79 Å². The van der Waals surface area contributed by atoms with Gasteiger partial charge in [-0.15, -0.1) is 0 Å². The number of rotatable bonds is 6. The van der Waals surface area contributed by atoms with Crippen LogP contribution in [0.2, 0.25) is 0 Å². The molecule has 1 saturated heterocycles. The minimum absolute atomic E-state index is 0.0520. The zero-order valence-corrected chi connectivity index (χ0v) is 21.7. The fourth-order valence-electron chi connectivity index (χ4n) is 4.55. The van der Waals surface area contributed by atoms with Gasteiger partial charge >= 0.3 is 5.69 Å². The first-order valence-corrected chi connectivity index (χ1v) is 13.2. The lowest BCUT2D eigenvalue weighted by Crippen LogP contribution is -2.32. The molecule has 2 N–H and O–H groups in total. The van der Waals surface area contributed by atoms with Crippen molar-refractivity contribution in [2.45, 2.75) is 25.7 Å². The number of hydrogen-bond acceptors (Lipinski definition) is 5. The van der Waals surface area contributed by atoms with E-state index in [9.17, 15) is 9.59 Å². The molecule has 1 fully saturated rings. The molecular formula is C26H22BrN5O3S. The molecule has 1 amide bonds. The molecule has 6 rings (SSSR count). The number of aromatic nitrogens is 4. The van der Waals surface area contributed by atoms with Crippen LogP contribution in [0.15, 0.2) is 74.8 Å². The van der Waals surface area contributed by atoms with E-state index in [4.69, 9.17) is 9.84 Å². The summed E-state index contributed by atoms with van der Waals surface area (Å²) in [6.07, 6.45) is 1.47. The molecular weight excluding hydrogens is 542 g/mol. The van der Waals surface area contributed by atoms with Gasteiger partial charge in [-0.1, -0.05) is 22.0 Å². The van der Waals surface area contributed by atoms with E-state index in [0.29, 0.717) is 13.0 Å². The summed E-state index contributed by atoms with van der Waals surface area (Å²) in [4.78, 5) is 32.1. The largest absolute Gasteiger partial charge is 0.341 e. The summed E-state index contributed by atoms with van der Waals surface area (Å²) in [6.45, 7) is 2.26. The minimum Gasteiger partial charge on any atom is -0.341 e. The number of H-pyrrole nitrogens is 2. The average Bonchev–Trinajstić information content (AvgIpc) is 3.65. The van der Waals surface area contributed by atoms with E-state index in [1.54, 1.807) is 23.2 Å². The third-order valence-electron chi connectivity index (χ3n) is 6.36. The fourth-order valence-corrected chi connectivity index (χ4v) is 5.45. The average molecular weight is 564 g/mol. The summed E-state index contributed by atoms with van der Waals surface area (Å²) in [7, 11) is 0. The lowest BCUT2D eigenvalue weighted by molar-refractivity contribution is -0.130. The summed E-state index contributed by atoms with van der Waals surface area (Å²) in [5.41, 5.74) is 5.85. The molecule has 2 aromatic carbocycles. The summed E-state index contributed by atoms with van der Waals surface area (Å²) >= 11 is 5.08. The lowest BCUT2D eigenvalue weighted by Gasteiger charge is -2.23. The molecule has 1 aliphatic heterocycles. The van der Waals surface area contributed by atoms with Gasteiger partial charge in [0.15, 0.2) is 6.23 Å². The molecule has 36 heavy (non-hydrogen) atoms. The number of ether oxygens (including phenoxy) is 1. The number of carbonyl (C=O) groups excluding carboxylic acids is 1. The molecule has 1 aliphatic rings. The molecule has 5 aromatic rings. The molecule has 0 unspecified atom stereocenters. The predicted molar refractivity (Wildman–Crippen MR) is 142 cm³/mol. The van der Waals surface area contributed by atoms with Crippen molar-refractivity contribution < 1.29 is 9.53 Å². The van der Waals surface area contributed by atoms with Crippen molar-refractivity contribution in [1.82, 2.24) is 24.6 Å². The van der Waals surface area contributed by atoms with E-state index in [1.807, 2.05) is 64.8 Å². The van der Waals surface area contributed by atoms with Gasteiger partial charge in [0.2, 0.25) is 0 Å². The normalized spacial score (nSPS) is 17.9. The van der Waals surface area contributed by atoms with E-state index in [1.165, 1.54) is 0 Å². The van der Waals surface area contributed by atoms with E-state index in [2.05, 4.69) is 31.3 Å². The first-order chi connectivity index (χ1) is 17.5. The van der Waals surface area contributed by atoms with Crippen LogP contribution in [0.4, 0.5) is 0 Å². The third-order valence-corrected chi connectivity index (χ3v) is 7.57. The molecule has 0 spiro atoms. The van der Waals surface area contributed by atoms with Crippen LogP contribution in [0.3, 0.4) is 0 Å². The van der Waals surface area contributed by atoms with E-state index < -0.39 is 12.3 Å². The highest BCUT2D eigenvalue weighted by Gasteiger charge is 2.40. The number of halogens is 1. The minimum atomic E-state index is -0.553. The van der Waals surface area contributed by atoms with E-state index in [-0.39, 0.29) is 11.6 Å². The molecule has 0 bridgehead atoms. The molecule has 0 aliphatic carbocycles. The first kappa shape index (κ1) is 23.0. The second-order valence-corrected chi connectivity index (χ2v) is 10.4. The van der Waals surface area contributed by atoms with Crippen LogP contribution in [-0.4, -0.2) is 43.2 Å². The highest BCUT2D eigenvalue weighted by Crippen LogP contribution is 2.38.